The van der Waals surface area contributed by atoms with Gasteiger partial charge in [-0.05, 0) is 37.5 Å². The number of para-hydroxylation sites is 1. The van der Waals surface area contributed by atoms with Crippen molar-refractivity contribution in [1.29, 1.82) is 0 Å². The van der Waals surface area contributed by atoms with Gasteiger partial charge in [-0.2, -0.15) is 5.10 Å². The molecule has 0 bridgehead atoms. The molecule has 1 fully saturated rings. The molecule has 4 rings (SSSR count). The third-order valence-corrected chi connectivity index (χ3v) is 5.81. The first-order valence-electron chi connectivity index (χ1n) is 10.7. The number of hydrogen-bond acceptors (Lipinski definition) is 4. The number of likely N-dealkylation sites (tertiary alicyclic amines) is 1. The maximum absolute atomic E-state index is 12.8. The topological polar surface area (TPSA) is 76.5 Å². The Morgan fingerprint density at radius 2 is 2.10 bits per heavy atom. The van der Waals surface area contributed by atoms with Crippen LogP contribution in [0.1, 0.15) is 30.4 Å². The number of aromatic nitrogens is 2. The van der Waals surface area contributed by atoms with Crippen LogP contribution in [0.5, 0.6) is 5.75 Å². The first kappa shape index (κ1) is 20.9. The number of aryl methyl sites for hydroxylation is 2. The number of rotatable bonds is 8. The molecule has 1 saturated heterocycles. The van der Waals surface area contributed by atoms with Crippen LogP contribution >= 0.6 is 0 Å². The van der Waals surface area contributed by atoms with Crippen molar-refractivity contribution in [3.63, 3.8) is 0 Å². The molecule has 31 heavy (non-hydrogen) atoms. The Morgan fingerprint density at radius 1 is 1.26 bits per heavy atom. The summed E-state index contributed by atoms with van der Waals surface area (Å²) in [5, 5.41) is 8.58. The van der Waals surface area contributed by atoms with Gasteiger partial charge in [-0.25, -0.2) is 0 Å². The molecule has 2 aromatic carbocycles. The second-order valence-electron chi connectivity index (χ2n) is 7.96. The molecule has 2 amide bonds. The Balaban J connectivity index is 1.33. The number of benzene rings is 2. The van der Waals surface area contributed by atoms with E-state index in [0.717, 1.165) is 35.2 Å². The van der Waals surface area contributed by atoms with Crippen molar-refractivity contribution >= 4 is 22.7 Å². The van der Waals surface area contributed by atoms with Gasteiger partial charge < -0.3 is 15.0 Å². The van der Waals surface area contributed by atoms with Gasteiger partial charge in [0.05, 0.1) is 25.4 Å². The molecule has 162 valence electrons. The molecule has 1 aliphatic heterocycles. The fourth-order valence-electron chi connectivity index (χ4n) is 4.14. The summed E-state index contributed by atoms with van der Waals surface area (Å²) >= 11 is 0. The number of carbonyl (C=O) groups is 2. The number of methoxy groups -OCH3 is 1. The predicted molar refractivity (Wildman–Crippen MR) is 119 cm³/mol. The predicted octanol–water partition coefficient (Wildman–Crippen LogP) is 3.05. The van der Waals surface area contributed by atoms with Gasteiger partial charge in [0.15, 0.2) is 0 Å². The van der Waals surface area contributed by atoms with Crippen LogP contribution in [-0.4, -0.2) is 46.2 Å². The quantitative estimate of drug-likeness (QED) is 0.569. The van der Waals surface area contributed by atoms with Gasteiger partial charge >= 0.3 is 0 Å². The minimum atomic E-state index is -0.439. The Bertz CT molecular complexity index is 1090. The molecule has 1 aliphatic rings. The first-order chi connectivity index (χ1) is 15.1. The van der Waals surface area contributed by atoms with Crippen LogP contribution in [0.4, 0.5) is 0 Å². The Morgan fingerprint density at radius 3 is 2.94 bits per heavy atom. The number of hydrogen-bond donors (Lipinski definition) is 1. The first-order valence-corrected chi connectivity index (χ1v) is 10.7. The largest absolute Gasteiger partial charge is 0.496 e. The summed E-state index contributed by atoms with van der Waals surface area (Å²) in [6.45, 7) is 3.71. The number of nitrogens with zero attached hydrogens (tertiary/aromatic N) is 3. The number of nitrogens with one attached hydrogen (secondary N) is 1. The van der Waals surface area contributed by atoms with E-state index in [1.807, 2.05) is 35.1 Å². The maximum Gasteiger partial charge on any atom is 0.242 e. The molecule has 0 radical (unpaired) electrons. The number of carbonyl (C=O) groups excluding carboxylic acids is 2. The van der Waals surface area contributed by atoms with Gasteiger partial charge in [-0.1, -0.05) is 30.3 Å². The van der Waals surface area contributed by atoms with Crippen LogP contribution in [0.15, 0.2) is 48.7 Å². The van der Waals surface area contributed by atoms with Gasteiger partial charge in [0, 0.05) is 30.5 Å². The van der Waals surface area contributed by atoms with Crippen LogP contribution in [0, 0.1) is 6.92 Å². The van der Waals surface area contributed by atoms with Crippen LogP contribution in [0.2, 0.25) is 0 Å². The standard InChI is InChI=1S/C24H28N4O3/c1-17-8-9-18-15-26-28(21(18)14-17)13-5-12-25-24(30)20-10-11-23(29)27(20)16-19-6-3-4-7-22(19)31-2/h3-4,6-9,14-15,20H,5,10-13,16H2,1-2H3,(H,25,30). The lowest BCUT2D eigenvalue weighted by Crippen LogP contribution is -2.44. The molecule has 3 aromatic rings. The van der Waals surface area contributed by atoms with Crippen LogP contribution in [0.25, 0.3) is 10.9 Å². The van der Waals surface area contributed by atoms with E-state index in [4.69, 9.17) is 4.74 Å². The molecule has 0 saturated carbocycles. The smallest absolute Gasteiger partial charge is 0.242 e. The van der Waals surface area contributed by atoms with Crippen molar-refractivity contribution in [1.82, 2.24) is 20.0 Å². The molecule has 7 nitrogen and oxygen atoms in total. The second-order valence-corrected chi connectivity index (χ2v) is 7.96. The summed E-state index contributed by atoms with van der Waals surface area (Å²) in [5.74, 6) is 0.634. The summed E-state index contributed by atoms with van der Waals surface area (Å²) in [6, 6.07) is 13.4. The molecule has 0 spiro atoms. The Hall–Kier alpha value is -3.35. The third-order valence-electron chi connectivity index (χ3n) is 5.81. The minimum absolute atomic E-state index is 0.00411. The van der Waals surface area contributed by atoms with E-state index in [9.17, 15) is 9.59 Å². The van der Waals surface area contributed by atoms with Crippen molar-refractivity contribution in [2.75, 3.05) is 13.7 Å². The van der Waals surface area contributed by atoms with E-state index in [-0.39, 0.29) is 11.8 Å². The van der Waals surface area contributed by atoms with Crippen molar-refractivity contribution < 1.29 is 14.3 Å². The highest BCUT2D eigenvalue weighted by molar-refractivity contribution is 5.90. The van der Waals surface area contributed by atoms with E-state index in [1.54, 1.807) is 12.0 Å². The van der Waals surface area contributed by atoms with Gasteiger partial charge in [-0.15, -0.1) is 0 Å². The van der Waals surface area contributed by atoms with Crippen molar-refractivity contribution in [3.8, 4) is 5.75 Å². The second kappa shape index (κ2) is 9.20. The molecule has 7 heteroatoms. The van der Waals surface area contributed by atoms with Gasteiger partial charge in [0.25, 0.3) is 0 Å². The van der Waals surface area contributed by atoms with Crippen LogP contribution in [-0.2, 0) is 22.7 Å². The van der Waals surface area contributed by atoms with Crippen LogP contribution < -0.4 is 10.1 Å². The lowest BCUT2D eigenvalue weighted by atomic mass is 10.1. The highest BCUT2D eigenvalue weighted by Crippen LogP contribution is 2.26. The zero-order chi connectivity index (χ0) is 21.8. The molecule has 2 heterocycles. The fraction of sp³-hybridized carbons (Fsp3) is 0.375. The molecule has 1 aromatic heterocycles. The monoisotopic (exact) mass is 420 g/mol. The highest BCUT2D eigenvalue weighted by Gasteiger charge is 2.36. The average Bonchev–Trinajstić information content (AvgIpc) is 3.34. The zero-order valence-electron chi connectivity index (χ0n) is 18.0. The van der Waals surface area contributed by atoms with Crippen LogP contribution in [0.3, 0.4) is 0 Å². The minimum Gasteiger partial charge on any atom is -0.496 e. The van der Waals surface area contributed by atoms with Gasteiger partial charge in [0.2, 0.25) is 11.8 Å². The summed E-state index contributed by atoms with van der Waals surface area (Å²) in [6.07, 6.45) is 3.58. The summed E-state index contributed by atoms with van der Waals surface area (Å²) in [5.41, 5.74) is 3.21. The summed E-state index contributed by atoms with van der Waals surface area (Å²) < 4.78 is 7.37. The Kier molecular flexibility index (Phi) is 6.21. The molecule has 1 unspecified atom stereocenters. The zero-order valence-corrected chi connectivity index (χ0v) is 18.0. The van der Waals surface area contributed by atoms with Crippen molar-refractivity contribution in [2.24, 2.45) is 0 Å². The average molecular weight is 421 g/mol. The van der Waals surface area contributed by atoms with E-state index < -0.39 is 6.04 Å². The summed E-state index contributed by atoms with van der Waals surface area (Å²) in [4.78, 5) is 26.9. The number of ether oxygens (including phenoxy) is 1. The number of fused-ring (bicyclic) bond motifs is 1. The summed E-state index contributed by atoms with van der Waals surface area (Å²) in [7, 11) is 1.61. The van der Waals surface area contributed by atoms with Crippen molar-refractivity contribution in [3.05, 3.63) is 59.8 Å². The number of amides is 2. The molecular formula is C24H28N4O3. The van der Waals surface area contributed by atoms with Gasteiger partial charge in [-0.3, -0.25) is 14.3 Å². The van der Waals surface area contributed by atoms with E-state index in [1.165, 1.54) is 5.56 Å². The third kappa shape index (κ3) is 4.55. The molecule has 1 atom stereocenters. The van der Waals surface area contributed by atoms with E-state index in [0.29, 0.717) is 25.9 Å². The lowest BCUT2D eigenvalue weighted by molar-refractivity contribution is -0.135. The Labute approximate surface area is 182 Å². The van der Waals surface area contributed by atoms with E-state index >= 15 is 0 Å². The maximum atomic E-state index is 12.8. The van der Waals surface area contributed by atoms with Crippen molar-refractivity contribution in [2.45, 2.75) is 45.3 Å². The molecule has 1 N–H and O–H groups in total. The lowest BCUT2D eigenvalue weighted by Gasteiger charge is -2.25. The van der Waals surface area contributed by atoms with Gasteiger partial charge in [0.1, 0.15) is 11.8 Å². The SMILES string of the molecule is COc1ccccc1CN1C(=O)CCC1C(=O)NCCCn1ncc2ccc(C)cc21. The normalized spacial score (nSPS) is 16.1. The van der Waals surface area contributed by atoms with E-state index in [2.05, 4.69) is 35.5 Å². The molecule has 0 aliphatic carbocycles. The highest BCUT2D eigenvalue weighted by atomic mass is 16.5. The molecular weight excluding hydrogens is 392 g/mol. The fourth-order valence-corrected chi connectivity index (χ4v) is 4.14.